The molecule has 2 aliphatic rings. The average Bonchev–Trinajstić information content (AvgIpc) is 3.26. The van der Waals surface area contributed by atoms with E-state index in [4.69, 9.17) is 28.0 Å². The van der Waals surface area contributed by atoms with Crippen molar-refractivity contribution in [3.8, 4) is 0 Å². The maximum Gasteiger partial charge on any atom is 0.435 e. The van der Waals surface area contributed by atoms with Gasteiger partial charge in [0, 0.05) is 18.0 Å². The normalized spacial score (nSPS) is 21.0. The third-order valence-corrected chi connectivity index (χ3v) is 8.34. The minimum atomic E-state index is -4.98. The summed E-state index contributed by atoms with van der Waals surface area (Å²) >= 11 is 11.4. The fraction of sp³-hybridized carbons (Fsp3) is 0.417. The van der Waals surface area contributed by atoms with Crippen LogP contribution in [0.25, 0.3) is 0 Å². The molecule has 212 valence electrons. The molecule has 1 unspecified atom stereocenters. The lowest BCUT2D eigenvalue weighted by molar-refractivity contribution is -0.275. The third kappa shape index (κ3) is 5.72. The molecule has 0 spiro atoms. The number of amides is 1. The molecule has 0 saturated carbocycles. The molecular formula is C24H22Cl2F5N3O4S. The number of likely N-dealkylation sites (tertiary alicyclic amines) is 1. The Bertz CT molecular complexity index is 1410. The molecule has 2 aliphatic heterocycles. The van der Waals surface area contributed by atoms with Crippen molar-refractivity contribution in [3.63, 3.8) is 0 Å². The number of hydrogen-bond donors (Lipinski definition) is 1. The molecule has 1 N–H and O–H groups in total. The van der Waals surface area contributed by atoms with Crippen molar-refractivity contribution in [2.75, 3.05) is 18.8 Å². The van der Waals surface area contributed by atoms with Gasteiger partial charge in [-0.3, -0.25) is 4.79 Å². The van der Waals surface area contributed by atoms with Gasteiger partial charge in [-0.25, -0.2) is 21.9 Å². The number of nitrogens with zero attached hydrogens (tertiary/aromatic N) is 2. The number of sulfonamides is 1. The third-order valence-electron chi connectivity index (χ3n) is 6.34. The second-order valence-corrected chi connectivity index (χ2v) is 12.3. The highest BCUT2D eigenvalue weighted by Gasteiger charge is 2.62. The van der Waals surface area contributed by atoms with E-state index in [1.165, 1.54) is 24.3 Å². The van der Waals surface area contributed by atoms with Gasteiger partial charge in [-0.05, 0) is 37.1 Å². The standard InChI is InChI=1S/C24H22Cl2F5N3O4S/c1-13(2)33-39(36,37)10-20(35)34-11-22(28,12-34)15-5-3-14(4-6-15)19-9-23(38-32-19,24(29,30)31)16-7-17(25)21(27)18(26)8-16/h3-8,13,33H,9-12H2,1-2H3. The predicted octanol–water partition coefficient (Wildman–Crippen LogP) is 5.05. The van der Waals surface area contributed by atoms with Crippen molar-refractivity contribution in [1.82, 2.24) is 9.62 Å². The van der Waals surface area contributed by atoms with Crippen LogP contribution in [0.1, 0.15) is 37.0 Å². The summed E-state index contributed by atoms with van der Waals surface area (Å²) in [6, 6.07) is 6.55. The van der Waals surface area contributed by atoms with Crippen LogP contribution in [0, 0.1) is 5.82 Å². The molecule has 4 rings (SSSR count). The van der Waals surface area contributed by atoms with Crippen LogP contribution >= 0.6 is 23.2 Å². The molecule has 2 heterocycles. The predicted molar refractivity (Wildman–Crippen MR) is 134 cm³/mol. The van der Waals surface area contributed by atoms with Crippen LogP contribution in [-0.4, -0.2) is 56.0 Å². The van der Waals surface area contributed by atoms with Crippen LogP contribution in [0.15, 0.2) is 41.6 Å². The van der Waals surface area contributed by atoms with Gasteiger partial charge in [-0.15, -0.1) is 0 Å². The van der Waals surface area contributed by atoms with Gasteiger partial charge < -0.3 is 9.74 Å². The van der Waals surface area contributed by atoms with E-state index >= 15 is 4.39 Å². The van der Waals surface area contributed by atoms with Crippen LogP contribution in [0.2, 0.25) is 10.0 Å². The Kier molecular flexibility index (Phi) is 7.69. The maximum absolute atomic E-state index is 15.4. The van der Waals surface area contributed by atoms with Crippen LogP contribution in [0.3, 0.4) is 0 Å². The van der Waals surface area contributed by atoms with E-state index in [1.807, 2.05) is 0 Å². The van der Waals surface area contributed by atoms with Crippen LogP contribution < -0.4 is 4.72 Å². The van der Waals surface area contributed by atoms with Gasteiger partial charge in [0.05, 0.1) is 28.8 Å². The monoisotopic (exact) mass is 613 g/mol. The average molecular weight is 614 g/mol. The van der Waals surface area contributed by atoms with Gasteiger partial charge in [-0.2, -0.15) is 13.2 Å². The minimum absolute atomic E-state index is 0.100. The number of nitrogens with one attached hydrogen (secondary N) is 1. The summed E-state index contributed by atoms with van der Waals surface area (Å²) in [4.78, 5) is 18.2. The zero-order chi connectivity index (χ0) is 29.0. The SMILES string of the molecule is CC(C)NS(=O)(=O)CC(=O)N1CC(F)(c2ccc(C3=NOC(c4cc(Cl)c(F)c(Cl)c4)(C(F)(F)F)C3)cc2)C1. The molecular weight excluding hydrogens is 592 g/mol. The van der Waals surface area contributed by atoms with Gasteiger partial charge >= 0.3 is 6.18 Å². The quantitative estimate of drug-likeness (QED) is 0.350. The van der Waals surface area contributed by atoms with E-state index < -0.39 is 73.0 Å². The second-order valence-electron chi connectivity index (χ2n) is 9.71. The zero-order valence-electron chi connectivity index (χ0n) is 20.5. The highest BCUT2D eigenvalue weighted by atomic mass is 35.5. The lowest BCUT2D eigenvalue weighted by Crippen LogP contribution is -2.60. The molecule has 0 aromatic heterocycles. The summed E-state index contributed by atoms with van der Waals surface area (Å²) in [5.74, 6) is -2.64. The van der Waals surface area contributed by atoms with Crippen molar-refractivity contribution < 1.29 is 40.0 Å². The van der Waals surface area contributed by atoms with E-state index in [-0.39, 0.29) is 29.9 Å². The molecule has 0 bridgehead atoms. The molecule has 1 saturated heterocycles. The summed E-state index contributed by atoms with van der Waals surface area (Å²) in [6.45, 7) is 2.44. The molecule has 1 fully saturated rings. The lowest BCUT2D eigenvalue weighted by Gasteiger charge is -2.44. The van der Waals surface area contributed by atoms with E-state index in [0.717, 1.165) is 17.0 Å². The number of hydrogen-bond acceptors (Lipinski definition) is 5. The molecule has 7 nitrogen and oxygen atoms in total. The van der Waals surface area contributed by atoms with Crippen LogP contribution in [-0.2, 0) is 30.9 Å². The number of carbonyl (C=O) groups excluding carboxylic acids is 1. The number of carbonyl (C=O) groups is 1. The fourth-order valence-electron chi connectivity index (χ4n) is 4.38. The first kappa shape index (κ1) is 29.5. The summed E-state index contributed by atoms with van der Waals surface area (Å²) in [6.07, 6.45) is -5.76. The van der Waals surface area contributed by atoms with Crippen molar-refractivity contribution in [1.29, 1.82) is 0 Å². The zero-order valence-corrected chi connectivity index (χ0v) is 22.8. The lowest BCUT2D eigenvalue weighted by atomic mass is 9.85. The molecule has 1 amide bonds. The van der Waals surface area contributed by atoms with Crippen molar-refractivity contribution in [2.45, 2.75) is 43.8 Å². The molecule has 2 aromatic carbocycles. The Morgan fingerprint density at radius 1 is 1.13 bits per heavy atom. The van der Waals surface area contributed by atoms with Crippen molar-refractivity contribution >= 4 is 44.8 Å². The molecule has 15 heteroatoms. The smallest absolute Gasteiger partial charge is 0.374 e. The topological polar surface area (TPSA) is 88.1 Å². The molecule has 1 atom stereocenters. The summed E-state index contributed by atoms with van der Waals surface area (Å²) in [5, 5.41) is 2.38. The number of oxime groups is 1. The second kappa shape index (κ2) is 10.2. The molecule has 2 aromatic rings. The van der Waals surface area contributed by atoms with E-state index in [1.54, 1.807) is 13.8 Å². The van der Waals surface area contributed by atoms with Gasteiger partial charge in [0.1, 0.15) is 5.75 Å². The molecule has 0 aliphatic carbocycles. The number of halogens is 7. The molecule has 39 heavy (non-hydrogen) atoms. The minimum Gasteiger partial charge on any atom is -0.374 e. The summed E-state index contributed by atoms with van der Waals surface area (Å²) < 4.78 is 98.0. The maximum atomic E-state index is 15.4. The first-order valence-corrected chi connectivity index (χ1v) is 13.9. The van der Waals surface area contributed by atoms with E-state index in [9.17, 15) is 30.8 Å². The van der Waals surface area contributed by atoms with Crippen molar-refractivity contribution in [2.24, 2.45) is 5.16 Å². The van der Waals surface area contributed by atoms with E-state index in [0.29, 0.717) is 0 Å². The Labute approximate surface area is 230 Å². The van der Waals surface area contributed by atoms with Gasteiger partial charge in [0.2, 0.25) is 15.9 Å². The largest absolute Gasteiger partial charge is 0.435 e. The fourth-order valence-corrected chi connectivity index (χ4v) is 6.18. The Balaban J connectivity index is 1.47. The van der Waals surface area contributed by atoms with Crippen LogP contribution in [0.4, 0.5) is 22.0 Å². The van der Waals surface area contributed by atoms with Crippen LogP contribution in [0.5, 0.6) is 0 Å². The highest BCUT2D eigenvalue weighted by molar-refractivity contribution is 7.90. The molecule has 0 radical (unpaired) electrons. The Morgan fingerprint density at radius 3 is 2.21 bits per heavy atom. The highest BCUT2D eigenvalue weighted by Crippen LogP contribution is 2.50. The number of rotatable bonds is 7. The Morgan fingerprint density at radius 2 is 1.69 bits per heavy atom. The van der Waals surface area contributed by atoms with Gasteiger partial charge in [-0.1, -0.05) is 52.6 Å². The number of benzene rings is 2. The summed E-state index contributed by atoms with van der Waals surface area (Å²) in [7, 11) is -3.87. The first-order chi connectivity index (χ1) is 18.0. The van der Waals surface area contributed by atoms with E-state index in [2.05, 4.69) is 9.88 Å². The van der Waals surface area contributed by atoms with Gasteiger partial charge in [0.15, 0.2) is 11.5 Å². The van der Waals surface area contributed by atoms with Gasteiger partial charge in [0.25, 0.3) is 5.60 Å². The number of alkyl halides is 4. The first-order valence-electron chi connectivity index (χ1n) is 11.5. The van der Waals surface area contributed by atoms with Crippen molar-refractivity contribution in [3.05, 3.63) is 69.0 Å². The Hall–Kier alpha value is -2.48. The summed E-state index contributed by atoms with van der Waals surface area (Å²) in [5.41, 5.74) is -5.20.